The molecular formula is C28H36O4. The van der Waals surface area contributed by atoms with Gasteiger partial charge in [0.1, 0.15) is 11.9 Å². The third-order valence-corrected chi connectivity index (χ3v) is 9.70. The van der Waals surface area contributed by atoms with E-state index in [0.29, 0.717) is 35.7 Å². The third-order valence-electron chi connectivity index (χ3n) is 9.70. The molecule has 5 rings (SSSR count). The van der Waals surface area contributed by atoms with Crippen LogP contribution in [0.2, 0.25) is 0 Å². The predicted octanol–water partition coefficient (Wildman–Crippen LogP) is 5.90. The third kappa shape index (κ3) is 3.41. The van der Waals surface area contributed by atoms with Crippen LogP contribution in [0.15, 0.2) is 41.5 Å². The highest BCUT2D eigenvalue weighted by atomic mass is 16.6. The number of carbonyl (C=O) groups excluding carboxylic acids is 2. The first-order valence-corrected chi connectivity index (χ1v) is 12.4. The van der Waals surface area contributed by atoms with Crippen molar-refractivity contribution in [3.8, 4) is 5.75 Å². The summed E-state index contributed by atoms with van der Waals surface area (Å²) in [6.45, 7) is 6.82. The summed E-state index contributed by atoms with van der Waals surface area (Å²) in [5.41, 5.74) is 2.75. The van der Waals surface area contributed by atoms with Gasteiger partial charge in [0.25, 0.3) is 0 Å². The summed E-state index contributed by atoms with van der Waals surface area (Å²) < 4.78 is 11.6. The minimum atomic E-state index is -0.259. The van der Waals surface area contributed by atoms with E-state index in [9.17, 15) is 9.59 Å². The van der Waals surface area contributed by atoms with Gasteiger partial charge in [-0.1, -0.05) is 37.6 Å². The quantitative estimate of drug-likeness (QED) is 0.552. The van der Waals surface area contributed by atoms with Crippen molar-refractivity contribution in [3.05, 3.63) is 41.5 Å². The molecule has 0 amide bonds. The maximum atomic E-state index is 12.6. The molecule has 0 spiro atoms. The Balaban J connectivity index is 1.28. The number of para-hydroxylation sites is 1. The summed E-state index contributed by atoms with van der Waals surface area (Å²) in [6.07, 6.45) is 8.33. The monoisotopic (exact) mass is 436 g/mol. The van der Waals surface area contributed by atoms with E-state index in [0.717, 1.165) is 37.7 Å². The maximum Gasteiger partial charge on any atom is 0.344 e. The molecule has 0 unspecified atom stereocenters. The van der Waals surface area contributed by atoms with Crippen molar-refractivity contribution < 1.29 is 19.1 Å². The van der Waals surface area contributed by atoms with Crippen LogP contribution in [0, 0.1) is 28.6 Å². The van der Waals surface area contributed by atoms with Crippen LogP contribution in [0.25, 0.3) is 0 Å². The van der Waals surface area contributed by atoms with Crippen molar-refractivity contribution in [1.82, 2.24) is 0 Å². The van der Waals surface area contributed by atoms with Crippen molar-refractivity contribution in [2.75, 3.05) is 6.61 Å². The summed E-state index contributed by atoms with van der Waals surface area (Å²) in [5.74, 6) is 2.73. The van der Waals surface area contributed by atoms with Crippen molar-refractivity contribution >= 4 is 11.8 Å². The van der Waals surface area contributed by atoms with Gasteiger partial charge < -0.3 is 9.47 Å². The number of ketones is 1. The van der Waals surface area contributed by atoms with E-state index in [-0.39, 0.29) is 29.5 Å². The van der Waals surface area contributed by atoms with Crippen LogP contribution in [0.5, 0.6) is 5.75 Å². The number of hydrogen-bond acceptors (Lipinski definition) is 4. The van der Waals surface area contributed by atoms with Crippen LogP contribution in [0.1, 0.15) is 72.1 Å². The highest BCUT2D eigenvalue weighted by Crippen LogP contribution is 2.66. The van der Waals surface area contributed by atoms with Crippen molar-refractivity contribution in [2.45, 2.75) is 78.2 Å². The fraction of sp³-hybridized carbons (Fsp3) is 0.643. The average Bonchev–Trinajstić information content (AvgIpc) is 3.12. The molecule has 0 bridgehead atoms. The number of fused-ring (bicyclic) bond motifs is 5. The zero-order valence-corrected chi connectivity index (χ0v) is 19.7. The number of benzene rings is 1. The SMILES string of the molecule is CC1=C2CC[C@H]3[C@@H]4CC[C@H](OC(=O)COc5ccccc5)[C@@]4(C)CC[C@@H]3[C@@]2(C)CCC1=O. The number of allylic oxidation sites excluding steroid dienone is 1. The molecule has 4 heteroatoms. The van der Waals surface area contributed by atoms with E-state index < -0.39 is 0 Å². The summed E-state index contributed by atoms with van der Waals surface area (Å²) in [7, 11) is 0. The number of rotatable bonds is 4. The molecule has 172 valence electrons. The molecule has 0 N–H and O–H groups in total. The van der Waals surface area contributed by atoms with E-state index in [4.69, 9.17) is 9.47 Å². The average molecular weight is 437 g/mol. The van der Waals surface area contributed by atoms with Gasteiger partial charge in [-0.2, -0.15) is 0 Å². The smallest absolute Gasteiger partial charge is 0.344 e. The van der Waals surface area contributed by atoms with Crippen molar-refractivity contribution in [1.29, 1.82) is 0 Å². The molecular weight excluding hydrogens is 400 g/mol. The van der Waals surface area contributed by atoms with Crippen LogP contribution in [-0.4, -0.2) is 24.5 Å². The highest BCUT2D eigenvalue weighted by molar-refractivity contribution is 5.96. The molecule has 0 saturated heterocycles. The summed E-state index contributed by atoms with van der Waals surface area (Å²) in [4.78, 5) is 25.0. The van der Waals surface area contributed by atoms with Crippen molar-refractivity contribution in [3.63, 3.8) is 0 Å². The van der Waals surface area contributed by atoms with Gasteiger partial charge in [0.15, 0.2) is 12.4 Å². The minimum absolute atomic E-state index is 0.0141. The Morgan fingerprint density at radius 1 is 1.00 bits per heavy atom. The molecule has 0 radical (unpaired) electrons. The summed E-state index contributed by atoms with van der Waals surface area (Å²) in [6, 6.07) is 9.44. The van der Waals surface area contributed by atoms with Crippen LogP contribution in [0.3, 0.4) is 0 Å². The molecule has 3 saturated carbocycles. The summed E-state index contributed by atoms with van der Waals surface area (Å²) >= 11 is 0. The van der Waals surface area contributed by atoms with Crippen LogP contribution in [0.4, 0.5) is 0 Å². The maximum absolute atomic E-state index is 12.6. The lowest BCUT2D eigenvalue weighted by atomic mass is 9.47. The Hall–Kier alpha value is -2.10. The molecule has 0 aliphatic heterocycles. The molecule has 4 aliphatic carbocycles. The Kier molecular flexibility index (Phi) is 5.46. The molecule has 1 aromatic rings. The number of ether oxygens (including phenoxy) is 2. The Morgan fingerprint density at radius 3 is 2.56 bits per heavy atom. The predicted molar refractivity (Wildman–Crippen MR) is 123 cm³/mol. The first-order valence-electron chi connectivity index (χ1n) is 12.4. The second-order valence-corrected chi connectivity index (χ2v) is 11.1. The number of esters is 1. The number of carbonyl (C=O) groups is 2. The van der Waals surface area contributed by atoms with E-state index in [1.165, 1.54) is 18.4 Å². The lowest BCUT2D eigenvalue weighted by Gasteiger charge is -2.58. The Bertz CT molecular complexity index is 934. The van der Waals surface area contributed by atoms with Crippen LogP contribution in [-0.2, 0) is 14.3 Å². The molecule has 4 nitrogen and oxygen atoms in total. The van der Waals surface area contributed by atoms with Gasteiger partial charge >= 0.3 is 5.97 Å². The Labute approximate surface area is 191 Å². The van der Waals surface area contributed by atoms with E-state index in [1.807, 2.05) is 30.3 Å². The molecule has 32 heavy (non-hydrogen) atoms. The van der Waals surface area contributed by atoms with Crippen molar-refractivity contribution in [2.24, 2.45) is 28.6 Å². The van der Waals surface area contributed by atoms with Gasteiger partial charge in [0.2, 0.25) is 0 Å². The molecule has 0 aromatic heterocycles. The first-order chi connectivity index (χ1) is 15.3. The number of Topliss-reactive ketones (excluding diaryl/α,β-unsaturated/α-hetero) is 1. The Morgan fingerprint density at radius 2 is 1.78 bits per heavy atom. The second kappa shape index (κ2) is 8.04. The minimum Gasteiger partial charge on any atom is -0.482 e. The van der Waals surface area contributed by atoms with Crippen LogP contribution < -0.4 is 4.74 Å². The van der Waals surface area contributed by atoms with E-state index in [2.05, 4.69) is 20.8 Å². The zero-order chi connectivity index (χ0) is 22.5. The van der Waals surface area contributed by atoms with E-state index in [1.54, 1.807) is 0 Å². The second-order valence-electron chi connectivity index (χ2n) is 11.1. The molecule has 3 fully saturated rings. The van der Waals surface area contributed by atoms with Gasteiger partial charge in [-0.25, -0.2) is 4.79 Å². The van der Waals surface area contributed by atoms with Gasteiger partial charge in [0.05, 0.1) is 0 Å². The van der Waals surface area contributed by atoms with Gasteiger partial charge in [-0.15, -0.1) is 0 Å². The largest absolute Gasteiger partial charge is 0.482 e. The number of hydrogen-bond donors (Lipinski definition) is 0. The lowest BCUT2D eigenvalue weighted by molar-refractivity contribution is -0.162. The molecule has 1 aromatic carbocycles. The van der Waals surface area contributed by atoms with Gasteiger partial charge in [-0.05, 0) is 92.7 Å². The fourth-order valence-electron chi connectivity index (χ4n) is 7.98. The first kappa shape index (κ1) is 21.7. The van der Waals surface area contributed by atoms with Gasteiger partial charge in [0, 0.05) is 11.8 Å². The van der Waals surface area contributed by atoms with Gasteiger partial charge in [-0.3, -0.25) is 4.79 Å². The summed E-state index contributed by atoms with van der Waals surface area (Å²) in [5, 5.41) is 0. The molecule has 4 aliphatic rings. The zero-order valence-electron chi connectivity index (χ0n) is 19.7. The fourth-order valence-corrected chi connectivity index (χ4v) is 7.98. The lowest BCUT2D eigenvalue weighted by Crippen LogP contribution is -2.52. The molecule has 6 atom stereocenters. The highest BCUT2D eigenvalue weighted by Gasteiger charge is 2.60. The topological polar surface area (TPSA) is 52.6 Å². The normalized spacial score (nSPS) is 38.5. The standard InChI is InChI=1S/C28H36O4/c1-18-21-10-9-20-22-11-12-25(32-26(30)17-31-19-7-5-4-6-8-19)28(22,3)15-13-23(20)27(21,2)16-14-24(18)29/h4-8,20,22-23,25H,9-17H2,1-3H3/t20-,22-,23-,25-,27-,28-/m0/s1. The molecule has 0 heterocycles. The van der Waals surface area contributed by atoms with Crippen LogP contribution >= 0.6 is 0 Å². The van der Waals surface area contributed by atoms with E-state index >= 15 is 0 Å².